The lowest BCUT2D eigenvalue weighted by Gasteiger charge is -2.19. The van der Waals surface area contributed by atoms with E-state index in [1.807, 2.05) is 0 Å². The van der Waals surface area contributed by atoms with E-state index in [2.05, 4.69) is 60.0 Å². The standard InChI is InChI=1S/C13H18N4S2/c1-13(2,3)9-4-6-10(7-5-9)18-8-11-12(15-14)19-17-16-11/h4-7,15H,8,14H2,1-3H3. The molecule has 0 unspecified atom stereocenters. The van der Waals surface area contributed by atoms with E-state index in [1.54, 1.807) is 11.8 Å². The fraction of sp³-hybridized carbons (Fsp3) is 0.385. The molecular formula is C13H18N4S2. The number of thioether (sulfide) groups is 1. The average molecular weight is 294 g/mol. The Morgan fingerprint density at radius 2 is 1.95 bits per heavy atom. The lowest BCUT2D eigenvalue weighted by atomic mass is 9.87. The summed E-state index contributed by atoms with van der Waals surface area (Å²) in [5.74, 6) is 6.17. The molecule has 0 spiro atoms. The van der Waals surface area contributed by atoms with Gasteiger partial charge in [-0.15, -0.1) is 16.9 Å². The number of hydrazine groups is 1. The number of nitrogens with two attached hydrogens (primary N) is 1. The maximum atomic E-state index is 5.40. The Kier molecular flexibility index (Phi) is 4.44. The molecule has 1 aromatic carbocycles. The van der Waals surface area contributed by atoms with E-state index in [-0.39, 0.29) is 5.41 Å². The number of nitrogens with zero attached hydrogens (tertiary/aromatic N) is 2. The van der Waals surface area contributed by atoms with Crippen LogP contribution in [0.2, 0.25) is 0 Å². The maximum Gasteiger partial charge on any atom is 0.148 e. The van der Waals surface area contributed by atoms with Crippen LogP contribution in [0.4, 0.5) is 5.00 Å². The second kappa shape index (κ2) is 5.90. The van der Waals surface area contributed by atoms with Crippen LogP contribution >= 0.6 is 23.3 Å². The molecule has 0 aliphatic carbocycles. The molecular weight excluding hydrogens is 276 g/mol. The summed E-state index contributed by atoms with van der Waals surface area (Å²) in [5, 5.41) is 4.90. The highest BCUT2D eigenvalue weighted by Crippen LogP contribution is 2.29. The molecule has 1 heterocycles. The van der Waals surface area contributed by atoms with E-state index in [0.29, 0.717) is 0 Å². The number of aromatic nitrogens is 2. The molecule has 0 saturated heterocycles. The fourth-order valence-electron chi connectivity index (χ4n) is 1.62. The third-order valence-electron chi connectivity index (χ3n) is 2.78. The monoisotopic (exact) mass is 294 g/mol. The number of nitrogen functional groups attached to an aromatic ring is 1. The van der Waals surface area contributed by atoms with Crippen LogP contribution < -0.4 is 11.3 Å². The van der Waals surface area contributed by atoms with Gasteiger partial charge in [0.15, 0.2) is 0 Å². The zero-order valence-corrected chi connectivity index (χ0v) is 12.9. The summed E-state index contributed by atoms with van der Waals surface area (Å²) in [6.07, 6.45) is 0. The number of hydrogen-bond donors (Lipinski definition) is 2. The molecule has 0 aliphatic heterocycles. The predicted molar refractivity (Wildman–Crippen MR) is 82.4 cm³/mol. The van der Waals surface area contributed by atoms with Crippen LogP contribution in [0.1, 0.15) is 32.0 Å². The molecule has 2 aromatic rings. The Balaban J connectivity index is 2.01. The van der Waals surface area contributed by atoms with E-state index in [4.69, 9.17) is 5.84 Å². The molecule has 0 bridgehead atoms. The van der Waals surface area contributed by atoms with Gasteiger partial charge in [-0.25, -0.2) is 5.84 Å². The molecule has 0 atom stereocenters. The van der Waals surface area contributed by atoms with Crippen molar-refractivity contribution >= 4 is 28.3 Å². The molecule has 0 radical (unpaired) electrons. The SMILES string of the molecule is CC(C)(C)c1ccc(SCc2nnsc2NN)cc1. The van der Waals surface area contributed by atoms with E-state index in [1.165, 1.54) is 22.0 Å². The van der Waals surface area contributed by atoms with E-state index in [0.717, 1.165) is 16.4 Å². The summed E-state index contributed by atoms with van der Waals surface area (Å²) in [7, 11) is 0. The zero-order chi connectivity index (χ0) is 13.9. The molecule has 4 nitrogen and oxygen atoms in total. The van der Waals surface area contributed by atoms with Gasteiger partial charge in [0.1, 0.15) is 10.7 Å². The number of anilines is 1. The summed E-state index contributed by atoms with van der Waals surface area (Å²) in [4.78, 5) is 1.23. The summed E-state index contributed by atoms with van der Waals surface area (Å²) >= 11 is 3.02. The van der Waals surface area contributed by atoms with Crippen LogP contribution in [-0.4, -0.2) is 9.59 Å². The number of hydrogen-bond acceptors (Lipinski definition) is 6. The Morgan fingerprint density at radius 1 is 1.26 bits per heavy atom. The molecule has 0 aliphatic rings. The van der Waals surface area contributed by atoms with Crippen molar-refractivity contribution < 1.29 is 0 Å². The normalized spacial score (nSPS) is 11.6. The highest BCUT2D eigenvalue weighted by Gasteiger charge is 2.13. The van der Waals surface area contributed by atoms with Gasteiger partial charge in [0.25, 0.3) is 0 Å². The Labute approximate surface area is 121 Å². The van der Waals surface area contributed by atoms with Crippen LogP contribution in [0.15, 0.2) is 29.2 Å². The van der Waals surface area contributed by atoms with Crippen molar-refractivity contribution in [2.24, 2.45) is 5.84 Å². The van der Waals surface area contributed by atoms with Gasteiger partial charge in [-0.3, -0.25) is 0 Å². The first-order valence-electron chi connectivity index (χ1n) is 6.02. The van der Waals surface area contributed by atoms with Crippen molar-refractivity contribution in [1.82, 2.24) is 9.59 Å². The second-order valence-corrected chi connectivity index (χ2v) is 7.06. The highest BCUT2D eigenvalue weighted by molar-refractivity contribution is 7.98. The lowest BCUT2D eigenvalue weighted by Crippen LogP contribution is -2.10. The molecule has 6 heteroatoms. The second-order valence-electron chi connectivity index (χ2n) is 5.26. The van der Waals surface area contributed by atoms with Crippen LogP contribution in [0.3, 0.4) is 0 Å². The summed E-state index contributed by atoms with van der Waals surface area (Å²) in [6, 6.07) is 8.68. The first-order chi connectivity index (χ1) is 9.00. The topological polar surface area (TPSA) is 63.8 Å². The summed E-state index contributed by atoms with van der Waals surface area (Å²) in [6.45, 7) is 6.65. The van der Waals surface area contributed by atoms with Gasteiger partial charge in [-0.05, 0) is 23.1 Å². The Bertz CT molecular complexity index is 528. The van der Waals surface area contributed by atoms with Gasteiger partial charge in [0, 0.05) is 22.2 Å². The largest absolute Gasteiger partial charge is 0.313 e. The zero-order valence-electron chi connectivity index (χ0n) is 11.3. The van der Waals surface area contributed by atoms with Gasteiger partial charge in [0.05, 0.1) is 0 Å². The minimum Gasteiger partial charge on any atom is -0.313 e. The molecule has 0 amide bonds. The molecule has 2 rings (SSSR count). The summed E-state index contributed by atoms with van der Waals surface area (Å²) < 4.78 is 3.89. The third-order valence-corrected chi connectivity index (χ3v) is 4.51. The molecule has 1 aromatic heterocycles. The first-order valence-corrected chi connectivity index (χ1v) is 7.78. The molecule has 19 heavy (non-hydrogen) atoms. The van der Waals surface area contributed by atoms with Crippen molar-refractivity contribution in [3.63, 3.8) is 0 Å². The lowest BCUT2D eigenvalue weighted by molar-refractivity contribution is 0.590. The van der Waals surface area contributed by atoms with Gasteiger partial charge < -0.3 is 5.43 Å². The van der Waals surface area contributed by atoms with Gasteiger partial charge in [0.2, 0.25) is 0 Å². The Morgan fingerprint density at radius 3 is 2.53 bits per heavy atom. The van der Waals surface area contributed by atoms with Crippen molar-refractivity contribution in [2.75, 3.05) is 5.43 Å². The minimum atomic E-state index is 0.193. The molecule has 102 valence electrons. The van der Waals surface area contributed by atoms with Crippen molar-refractivity contribution in [2.45, 2.75) is 36.8 Å². The van der Waals surface area contributed by atoms with Crippen molar-refractivity contribution in [3.8, 4) is 0 Å². The molecule has 0 fully saturated rings. The third kappa shape index (κ3) is 3.68. The predicted octanol–water partition coefficient (Wildman–Crippen LogP) is 3.41. The van der Waals surface area contributed by atoms with Crippen LogP contribution in [-0.2, 0) is 11.2 Å². The number of nitrogens with one attached hydrogen (secondary N) is 1. The number of benzene rings is 1. The minimum absolute atomic E-state index is 0.193. The maximum absolute atomic E-state index is 5.40. The summed E-state index contributed by atoms with van der Waals surface area (Å²) in [5.41, 5.74) is 5.06. The van der Waals surface area contributed by atoms with Crippen molar-refractivity contribution in [1.29, 1.82) is 0 Å². The smallest absolute Gasteiger partial charge is 0.148 e. The van der Waals surface area contributed by atoms with Gasteiger partial charge in [-0.1, -0.05) is 37.4 Å². The van der Waals surface area contributed by atoms with Crippen LogP contribution in [0, 0.1) is 0 Å². The van der Waals surface area contributed by atoms with Gasteiger partial charge >= 0.3 is 0 Å². The Hall–Kier alpha value is -1.11. The van der Waals surface area contributed by atoms with Crippen molar-refractivity contribution in [3.05, 3.63) is 35.5 Å². The van der Waals surface area contributed by atoms with E-state index in [9.17, 15) is 0 Å². The van der Waals surface area contributed by atoms with Crippen LogP contribution in [0.25, 0.3) is 0 Å². The van der Waals surface area contributed by atoms with E-state index >= 15 is 0 Å². The molecule has 3 N–H and O–H groups in total. The van der Waals surface area contributed by atoms with Crippen LogP contribution in [0.5, 0.6) is 0 Å². The van der Waals surface area contributed by atoms with Gasteiger partial charge in [-0.2, -0.15) is 0 Å². The molecule has 0 saturated carbocycles. The number of rotatable bonds is 4. The fourth-order valence-corrected chi connectivity index (χ4v) is 3.03. The highest BCUT2D eigenvalue weighted by atomic mass is 32.2. The van der Waals surface area contributed by atoms with E-state index < -0.39 is 0 Å². The average Bonchev–Trinajstić information content (AvgIpc) is 2.83. The quantitative estimate of drug-likeness (QED) is 0.514. The first kappa shape index (κ1) is 14.3.